The Hall–Kier alpha value is -2.07. The average Bonchev–Trinajstić information content (AvgIpc) is 2.90. The highest BCUT2D eigenvalue weighted by atomic mass is 14.4. The predicted molar refractivity (Wildman–Crippen MR) is 145 cm³/mol. The van der Waals surface area contributed by atoms with Gasteiger partial charge in [0, 0.05) is 0 Å². The fraction of sp³-hybridized carbons (Fsp3) is 0.606. The smallest absolute Gasteiger partial charge is 0.0689 e. The molecule has 0 unspecified atom stereocenters. The van der Waals surface area contributed by atoms with E-state index in [2.05, 4.69) is 68.4 Å². The maximum Gasteiger partial charge on any atom is 0.0689 e. The summed E-state index contributed by atoms with van der Waals surface area (Å²) in [5, 5.41) is 9.70. The molecular weight excluding hydrogens is 410 g/mol. The maximum atomic E-state index is 9.70. The Labute approximate surface area is 209 Å². The number of nitriles is 1. The Balaban J connectivity index is 1.31. The largest absolute Gasteiger partial charge is 0.198 e. The molecule has 0 atom stereocenters. The maximum absolute atomic E-state index is 9.70. The SMILES string of the molecule is CCCCCC1CCC(c2ccc(-c3ccc(C4CCC(C#N)(CCC)CC4)cc3)cc2)CC1. The Bertz CT molecular complexity index is 901. The molecule has 1 heteroatoms. The molecule has 34 heavy (non-hydrogen) atoms. The van der Waals surface area contributed by atoms with E-state index in [0.717, 1.165) is 50.4 Å². The fourth-order valence-electron chi connectivity index (χ4n) is 6.76. The van der Waals surface area contributed by atoms with Gasteiger partial charge >= 0.3 is 0 Å². The van der Waals surface area contributed by atoms with E-state index in [0.29, 0.717) is 5.92 Å². The van der Waals surface area contributed by atoms with Crippen LogP contribution in [0.5, 0.6) is 0 Å². The molecule has 1 nitrogen and oxygen atoms in total. The van der Waals surface area contributed by atoms with Crippen LogP contribution in [0.1, 0.15) is 127 Å². The van der Waals surface area contributed by atoms with Gasteiger partial charge in [-0.05, 0) is 97.8 Å². The summed E-state index contributed by atoms with van der Waals surface area (Å²) in [6.45, 7) is 4.51. The molecule has 0 radical (unpaired) electrons. The molecule has 0 aliphatic heterocycles. The van der Waals surface area contributed by atoms with E-state index in [1.54, 1.807) is 5.56 Å². The van der Waals surface area contributed by atoms with Gasteiger partial charge in [0.1, 0.15) is 0 Å². The Morgan fingerprint density at radius 1 is 0.706 bits per heavy atom. The van der Waals surface area contributed by atoms with Crippen LogP contribution in [0, 0.1) is 22.7 Å². The van der Waals surface area contributed by atoms with Crippen LogP contribution < -0.4 is 0 Å². The van der Waals surface area contributed by atoms with Gasteiger partial charge in [0.25, 0.3) is 0 Å². The lowest BCUT2D eigenvalue weighted by Crippen LogP contribution is -2.25. The first kappa shape index (κ1) is 25.0. The minimum Gasteiger partial charge on any atom is -0.198 e. The summed E-state index contributed by atoms with van der Waals surface area (Å²) in [4.78, 5) is 0. The molecule has 2 fully saturated rings. The number of rotatable bonds is 9. The number of hydrogen-bond donors (Lipinski definition) is 0. The summed E-state index contributed by atoms with van der Waals surface area (Å²) in [7, 11) is 0. The summed E-state index contributed by atoms with van der Waals surface area (Å²) in [5.74, 6) is 2.36. The molecular formula is C33H45N. The highest BCUT2D eigenvalue weighted by molar-refractivity contribution is 5.64. The van der Waals surface area contributed by atoms with Gasteiger partial charge in [0.2, 0.25) is 0 Å². The zero-order chi connectivity index (χ0) is 23.8. The molecule has 4 rings (SSSR count). The zero-order valence-corrected chi connectivity index (χ0v) is 21.7. The van der Waals surface area contributed by atoms with Crippen LogP contribution in [-0.2, 0) is 0 Å². The molecule has 2 aliphatic carbocycles. The van der Waals surface area contributed by atoms with Gasteiger partial charge in [-0.3, -0.25) is 0 Å². The lowest BCUT2D eigenvalue weighted by Gasteiger charge is -2.35. The summed E-state index contributed by atoms with van der Waals surface area (Å²) >= 11 is 0. The van der Waals surface area contributed by atoms with Gasteiger partial charge in [0.15, 0.2) is 0 Å². The molecule has 2 aliphatic rings. The normalized spacial score (nSPS) is 27.3. The second-order valence-electron chi connectivity index (χ2n) is 11.4. The molecule has 0 aromatic heterocycles. The molecule has 2 aromatic rings. The first-order valence-electron chi connectivity index (χ1n) is 14.3. The molecule has 0 spiro atoms. The first-order valence-corrected chi connectivity index (χ1v) is 14.3. The fourth-order valence-corrected chi connectivity index (χ4v) is 6.76. The molecule has 182 valence electrons. The molecule has 0 saturated heterocycles. The van der Waals surface area contributed by atoms with Gasteiger partial charge in [-0.25, -0.2) is 0 Å². The Morgan fingerprint density at radius 2 is 1.24 bits per heavy atom. The number of nitrogens with zero attached hydrogens (tertiary/aromatic N) is 1. The van der Waals surface area contributed by atoms with Crippen molar-refractivity contribution >= 4 is 0 Å². The second kappa shape index (κ2) is 12.1. The van der Waals surface area contributed by atoms with Crippen LogP contribution in [0.4, 0.5) is 0 Å². The van der Waals surface area contributed by atoms with Crippen LogP contribution in [-0.4, -0.2) is 0 Å². The quantitative estimate of drug-likeness (QED) is 0.345. The number of benzene rings is 2. The van der Waals surface area contributed by atoms with Crippen molar-refractivity contribution < 1.29 is 0 Å². The van der Waals surface area contributed by atoms with E-state index < -0.39 is 0 Å². The van der Waals surface area contributed by atoms with Crippen molar-refractivity contribution in [2.75, 3.05) is 0 Å². The van der Waals surface area contributed by atoms with E-state index in [1.165, 1.54) is 68.1 Å². The minimum atomic E-state index is -0.0543. The number of hydrogen-bond acceptors (Lipinski definition) is 1. The lowest BCUT2D eigenvalue weighted by atomic mass is 9.68. The van der Waals surface area contributed by atoms with Crippen molar-refractivity contribution in [2.45, 2.75) is 116 Å². The summed E-state index contributed by atoms with van der Waals surface area (Å²) in [5.41, 5.74) is 5.60. The van der Waals surface area contributed by atoms with Crippen molar-refractivity contribution in [2.24, 2.45) is 11.3 Å². The lowest BCUT2D eigenvalue weighted by molar-refractivity contribution is 0.228. The van der Waals surface area contributed by atoms with Crippen LogP contribution >= 0.6 is 0 Å². The van der Waals surface area contributed by atoms with Gasteiger partial charge < -0.3 is 0 Å². The van der Waals surface area contributed by atoms with E-state index in [1.807, 2.05) is 0 Å². The molecule has 0 bridgehead atoms. The van der Waals surface area contributed by atoms with Crippen molar-refractivity contribution in [1.82, 2.24) is 0 Å². The van der Waals surface area contributed by atoms with E-state index in [4.69, 9.17) is 0 Å². The monoisotopic (exact) mass is 455 g/mol. The van der Waals surface area contributed by atoms with E-state index in [-0.39, 0.29) is 5.41 Å². The number of unbranched alkanes of at least 4 members (excludes halogenated alkanes) is 2. The third-order valence-corrected chi connectivity index (χ3v) is 9.07. The van der Waals surface area contributed by atoms with Crippen molar-refractivity contribution in [3.05, 3.63) is 59.7 Å². The predicted octanol–water partition coefficient (Wildman–Crippen LogP) is 10.2. The minimum absolute atomic E-state index is 0.0543. The Morgan fingerprint density at radius 3 is 1.71 bits per heavy atom. The second-order valence-corrected chi connectivity index (χ2v) is 11.4. The molecule has 0 N–H and O–H groups in total. The highest BCUT2D eigenvalue weighted by Gasteiger charge is 2.35. The standard InChI is InChI=1S/C33H45N/c1-3-5-6-7-26-8-10-27(11-9-26)28-12-14-29(15-13-28)30-16-18-31(19-17-30)32-20-23-33(25-34,22-4-2)24-21-32/h12-19,26-27,32H,3-11,20-24H2,1-2H3. The van der Waals surface area contributed by atoms with E-state index >= 15 is 0 Å². The van der Waals surface area contributed by atoms with Crippen LogP contribution in [0.3, 0.4) is 0 Å². The third-order valence-electron chi connectivity index (χ3n) is 9.07. The van der Waals surface area contributed by atoms with Gasteiger partial charge in [0.05, 0.1) is 11.5 Å². The van der Waals surface area contributed by atoms with Crippen LogP contribution in [0.25, 0.3) is 11.1 Å². The summed E-state index contributed by atoms with van der Waals surface area (Å²) < 4.78 is 0. The van der Waals surface area contributed by atoms with Crippen LogP contribution in [0.2, 0.25) is 0 Å². The van der Waals surface area contributed by atoms with Crippen molar-refractivity contribution in [3.8, 4) is 17.2 Å². The molecule has 2 saturated carbocycles. The third kappa shape index (κ3) is 6.13. The molecule has 2 aromatic carbocycles. The van der Waals surface area contributed by atoms with Crippen molar-refractivity contribution in [3.63, 3.8) is 0 Å². The highest BCUT2D eigenvalue weighted by Crippen LogP contribution is 2.45. The average molecular weight is 456 g/mol. The van der Waals surface area contributed by atoms with Gasteiger partial charge in [-0.1, -0.05) is 94.5 Å². The first-order chi connectivity index (χ1) is 16.7. The van der Waals surface area contributed by atoms with Gasteiger partial charge in [-0.2, -0.15) is 5.26 Å². The van der Waals surface area contributed by atoms with Crippen LogP contribution in [0.15, 0.2) is 48.5 Å². The van der Waals surface area contributed by atoms with Crippen molar-refractivity contribution in [1.29, 1.82) is 5.26 Å². The van der Waals surface area contributed by atoms with Gasteiger partial charge in [-0.15, -0.1) is 0 Å². The zero-order valence-electron chi connectivity index (χ0n) is 21.7. The Kier molecular flexibility index (Phi) is 8.88. The molecule has 0 heterocycles. The summed E-state index contributed by atoms with van der Waals surface area (Å²) in [6, 6.07) is 21.4. The summed E-state index contributed by atoms with van der Waals surface area (Å²) in [6.07, 6.45) is 17.8. The van der Waals surface area contributed by atoms with E-state index in [9.17, 15) is 5.26 Å². The topological polar surface area (TPSA) is 23.8 Å². The molecule has 0 amide bonds.